The van der Waals surface area contributed by atoms with Crippen LogP contribution in [0.15, 0.2) is 6.07 Å². The second-order valence-electron chi connectivity index (χ2n) is 7.01. The standard InChI is InChI=1S/C16H24N2O/c1-9-12(18-10(2)19)7-11-13(14(9)17)16(5,6)8-15(11,3)4/h7H,8,17H2,1-6H3,(H,18,19). The lowest BCUT2D eigenvalue weighted by Crippen LogP contribution is -2.18. The average molecular weight is 260 g/mol. The zero-order valence-electron chi connectivity index (χ0n) is 12.8. The number of hydrogen-bond acceptors (Lipinski definition) is 2. The van der Waals surface area contributed by atoms with Crippen LogP contribution < -0.4 is 11.1 Å². The Bertz CT molecular complexity index is 556. The van der Waals surface area contributed by atoms with Crippen molar-refractivity contribution in [2.75, 3.05) is 11.1 Å². The van der Waals surface area contributed by atoms with E-state index < -0.39 is 0 Å². The number of anilines is 2. The molecule has 0 atom stereocenters. The van der Waals surface area contributed by atoms with Crippen molar-refractivity contribution in [3.8, 4) is 0 Å². The van der Waals surface area contributed by atoms with Crippen molar-refractivity contribution in [3.05, 3.63) is 22.8 Å². The zero-order valence-corrected chi connectivity index (χ0v) is 12.8. The van der Waals surface area contributed by atoms with E-state index in [4.69, 9.17) is 5.73 Å². The topological polar surface area (TPSA) is 55.1 Å². The summed E-state index contributed by atoms with van der Waals surface area (Å²) >= 11 is 0. The molecule has 2 rings (SSSR count). The molecule has 1 aromatic rings. The summed E-state index contributed by atoms with van der Waals surface area (Å²) in [4.78, 5) is 11.3. The molecule has 0 unspecified atom stereocenters. The smallest absolute Gasteiger partial charge is 0.221 e. The number of benzene rings is 1. The molecule has 1 aliphatic rings. The Labute approximate surface area is 115 Å². The van der Waals surface area contributed by atoms with Gasteiger partial charge >= 0.3 is 0 Å². The Hall–Kier alpha value is -1.51. The van der Waals surface area contributed by atoms with Gasteiger partial charge in [0, 0.05) is 18.3 Å². The van der Waals surface area contributed by atoms with Gasteiger partial charge in [-0.1, -0.05) is 27.7 Å². The molecule has 0 spiro atoms. The normalized spacial score (nSPS) is 19.1. The van der Waals surface area contributed by atoms with Crippen LogP contribution in [0.5, 0.6) is 0 Å². The number of fused-ring (bicyclic) bond motifs is 1. The van der Waals surface area contributed by atoms with E-state index in [1.807, 2.05) is 6.92 Å². The van der Waals surface area contributed by atoms with Gasteiger partial charge in [0.25, 0.3) is 0 Å². The van der Waals surface area contributed by atoms with Crippen molar-refractivity contribution in [3.63, 3.8) is 0 Å². The molecular weight excluding hydrogens is 236 g/mol. The lowest BCUT2D eigenvalue weighted by molar-refractivity contribution is -0.114. The Kier molecular flexibility index (Phi) is 2.92. The van der Waals surface area contributed by atoms with Gasteiger partial charge in [0.1, 0.15) is 0 Å². The Morgan fingerprint density at radius 2 is 1.84 bits per heavy atom. The third-order valence-electron chi connectivity index (χ3n) is 4.24. The number of nitrogens with one attached hydrogen (secondary N) is 1. The molecule has 0 fully saturated rings. The number of rotatable bonds is 1. The van der Waals surface area contributed by atoms with Crippen molar-refractivity contribution in [2.45, 2.75) is 58.8 Å². The van der Waals surface area contributed by atoms with Gasteiger partial charge in [-0.05, 0) is 46.9 Å². The summed E-state index contributed by atoms with van der Waals surface area (Å²) in [5.41, 5.74) is 11.7. The first-order chi connectivity index (χ1) is 8.56. The van der Waals surface area contributed by atoms with Gasteiger partial charge in [-0.3, -0.25) is 4.79 Å². The third-order valence-corrected chi connectivity index (χ3v) is 4.24. The second-order valence-corrected chi connectivity index (χ2v) is 7.01. The molecule has 3 heteroatoms. The predicted octanol–water partition coefficient (Wildman–Crippen LogP) is 3.49. The molecule has 3 N–H and O–H groups in total. The lowest BCUT2D eigenvalue weighted by atomic mass is 9.81. The van der Waals surface area contributed by atoms with Gasteiger partial charge in [-0.2, -0.15) is 0 Å². The summed E-state index contributed by atoms with van der Waals surface area (Å²) in [6, 6.07) is 2.11. The number of nitrogen functional groups attached to an aromatic ring is 1. The molecule has 0 bridgehead atoms. The van der Waals surface area contributed by atoms with Crippen molar-refractivity contribution >= 4 is 17.3 Å². The van der Waals surface area contributed by atoms with E-state index in [-0.39, 0.29) is 16.7 Å². The van der Waals surface area contributed by atoms with Crippen LogP contribution in [0.2, 0.25) is 0 Å². The molecular formula is C16H24N2O. The SMILES string of the molecule is CC(=O)Nc1cc2c(c(N)c1C)C(C)(C)CC2(C)C. The van der Waals surface area contributed by atoms with E-state index in [1.54, 1.807) is 0 Å². The molecule has 1 amide bonds. The molecule has 0 aliphatic heterocycles. The first kappa shape index (κ1) is 13.9. The number of carbonyl (C=O) groups is 1. The summed E-state index contributed by atoms with van der Waals surface area (Å²) in [5, 5.41) is 2.89. The molecule has 0 aromatic heterocycles. The van der Waals surface area contributed by atoms with Crippen LogP contribution in [0.1, 0.15) is 57.7 Å². The average Bonchev–Trinajstić information content (AvgIpc) is 2.39. The molecule has 104 valence electrons. The fourth-order valence-corrected chi connectivity index (χ4v) is 3.67. The van der Waals surface area contributed by atoms with E-state index in [1.165, 1.54) is 18.1 Å². The lowest BCUT2D eigenvalue weighted by Gasteiger charge is -2.23. The highest BCUT2D eigenvalue weighted by atomic mass is 16.1. The summed E-state index contributed by atoms with van der Waals surface area (Å²) in [5.74, 6) is -0.0579. The van der Waals surface area contributed by atoms with Gasteiger partial charge in [-0.25, -0.2) is 0 Å². The van der Waals surface area contributed by atoms with E-state index in [0.29, 0.717) is 0 Å². The highest BCUT2D eigenvalue weighted by molar-refractivity contribution is 5.91. The van der Waals surface area contributed by atoms with Crippen LogP contribution in [0.3, 0.4) is 0 Å². The van der Waals surface area contributed by atoms with E-state index >= 15 is 0 Å². The van der Waals surface area contributed by atoms with Crippen molar-refractivity contribution < 1.29 is 4.79 Å². The summed E-state index contributed by atoms with van der Waals surface area (Å²) in [6.45, 7) is 12.5. The summed E-state index contributed by atoms with van der Waals surface area (Å²) < 4.78 is 0. The van der Waals surface area contributed by atoms with Crippen LogP contribution in [0, 0.1) is 6.92 Å². The maximum Gasteiger partial charge on any atom is 0.221 e. The van der Waals surface area contributed by atoms with Crippen molar-refractivity contribution in [1.82, 2.24) is 0 Å². The Morgan fingerprint density at radius 1 is 1.26 bits per heavy atom. The second kappa shape index (κ2) is 3.99. The molecule has 0 radical (unpaired) electrons. The maximum atomic E-state index is 11.3. The number of amides is 1. The minimum atomic E-state index is -0.0579. The van der Waals surface area contributed by atoms with Gasteiger partial charge in [0.2, 0.25) is 5.91 Å². The van der Waals surface area contributed by atoms with Crippen LogP contribution in [-0.2, 0) is 15.6 Å². The molecule has 3 nitrogen and oxygen atoms in total. The third kappa shape index (κ3) is 2.11. The van der Waals surface area contributed by atoms with Gasteiger partial charge in [0.05, 0.1) is 0 Å². The molecule has 0 saturated heterocycles. The fourth-order valence-electron chi connectivity index (χ4n) is 3.67. The largest absolute Gasteiger partial charge is 0.398 e. The molecule has 1 aliphatic carbocycles. The highest BCUT2D eigenvalue weighted by Gasteiger charge is 2.43. The minimum absolute atomic E-state index is 0.0579. The first-order valence-corrected chi connectivity index (χ1v) is 6.78. The summed E-state index contributed by atoms with van der Waals surface area (Å²) in [7, 11) is 0. The summed E-state index contributed by atoms with van der Waals surface area (Å²) in [6.07, 6.45) is 1.07. The molecule has 19 heavy (non-hydrogen) atoms. The number of carbonyl (C=O) groups excluding carboxylic acids is 1. The highest BCUT2D eigenvalue weighted by Crippen LogP contribution is 2.53. The van der Waals surface area contributed by atoms with Gasteiger partial charge in [-0.15, -0.1) is 0 Å². The minimum Gasteiger partial charge on any atom is -0.398 e. The zero-order chi connectivity index (χ0) is 14.6. The Morgan fingerprint density at radius 3 is 2.37 bits per heavy atom. The molecule has 1 aromatic carbocycles. The number of hydrogen-bond donors (Lipinski definition) is 2. The van der Waals surface area contributed by atoms with Gasteiger partial charge in [0.15, 0.2) is 0 Å². The van der Waals surface area contributed by atoms with Crippen molar-refractivity contribution in [2.24, 2.45) is 0 Å². The van der Waals surface area contributed by atoms with E-state index in [0.717, 1.165) is 23.4 Å². The van der Waals surface area contributed by atoms with E-state index in [9.17, 15) is 4.79 Å². The number of nitrogens with two attached hydrogens (primary N) is 1. The molecule has 0 saturated carbocycles. The fraction of sp³-hybridized carbons (Fsp3) is 0.562. The maximum absolute atomic E-state index is 11.3. The predicted molar refractivity (Wildman–Crippen MR) is 80.6 cm³/mol. The van der Waals surface area contributed by atoms with Crippen LogP contribution in [0.4, 0.5) is 11.4 Å². The van der Waals surface area contributed by atoms with Crippen LogP contribution >= 0.6 is 0 Å². The molecule has 0 heterocycles. The van der Waals surface area contributed by atoms with Gasteiger partial charge < -0.3 is 11.1 Å². The Balaban J connectivity index is 2.71. The quantitative estimate of drug-likeness (QED) is 0.759. The monoisotopic (exact) mass is 260 g/mol. The first-order valence-electron chi connectivity index (χ1n) is 6.78. The van der Waals surface area contributed by atoms with Crippen LogP contribution in [-0.4, -0.2) is 5.91 Å². The van der Waals surface area contributed by atoms with E-state index in [2.05, 4.69) is 39.1 Å². The van der Waals surface area contributed by atoms with Crippen LogP contribution in [0.25, 0.3) is 0 Å². The van der Waals surface area contributed by atoms with Crippen molar-refractivity contribution in [1.29, 1.82) is 0 Å².